The first-order valence-electron chi connectivity index (χ1n) is 5.66. The van der Waals surface area contributed by atoms with E-state index in [1.807, 2.05) is 43.5 Å². The Kier molecular flexibility index (Phi) is 3.94. The van der Waals surface area contributed by atoms with E-state index in [1.54, 1.807) is 11.3 Å². The molecule has 0 aliphatic rings. The van der Waals surface area contributed by atoms with E-state index in [0.29, 0.717) is 6.54 Å². The highest BCUT2D eigenvalue weighted by Gasteiger charge is 2.03. The highest BCUT2D eigenvalue weighted by atomic mass is 32.1. The normalized spacial score (nSPS) is 10.1. The molecular formula is C13H15N3OS. The van der Waals surface area contributed by atoms with Crippen LogP contribution < -0.4 is 10.6 Å². The minimum atomic E-state index is -0.214. The number of thiazole rings is 1. The third-order valence-corrected chi connectivity index (χ3v) is 3.31. The number of amides is 2. The summed E-state index contributed by atoms with van der Waals surface area (Å²) in [5.41, 5.74) is 2.89. The molecule has 0 aliphatic heterocycles. The molecule has 0 radical (unpaired) electrons. The van der Waals surface area contributed by atoms with Crippen LogP contribution in [0.25, 0.3) is 0 Å². The molecule has 2 aromatic rings. The molecule has 1 aromatic heterocycles. The number of aryl methyl sites for hydroxylation is 2. The Bertz CT molecular complexity index is 551. The summed E-state index contributed by atoms with van der Waals surface area (Å²) < 4.78 is 0. The summed E-state index contributed by atoms with van der Waals surface area (Å²) >= 11 is 1.55. The van der Waals surface area contributed by atoms with Gasteiger partial charge in [0.2, 0.25) is 0 Å². The third-order valence-electron chi connectivity index (χ3n) is 2.34. The largest absolute Gasteiger partial charge is 0.331 e. The van der Waals surface area contributed by atoms with E-state index in [4.69, 9.17) is 0 Å². The molecule has 1 heterocycles. The Morgan fingerprint density at radius 3 is 2.89 bits per heavy atom. The molecule has 94 valence electrons. The highest BCUT2D eigenvalue weighted by Crippen LogP contribution is 2.10. The first kappa shape index (κ1) is 12.6. The smallest absolute Gasteiger partial charge is 0.319 e. The van der Waals surface area contributed by atoms with Crippen LogP contribution in [0.2, 0.25) is 0 Å². The van der Waals surface area contributed by atoms with Crippen LogP contribution in [0.5, 0.6) is 0 Å². The van der Waals surface area contributed by atoms with Crippen molar-refractivity contribution >= 4 is 23.1 Å². The van der Waals surface area contributed by atoms with Crippen LogP contribution in [0.1, 0.15) is 16.3 Å². The molecule has 2 N–H and O–H groups in total. The van der Waals surface area contributed by atoms with Crippen molar-refractivity contribution in [3.63, 3.8) is 0 Å². The molecule has 0 bridgehead atoms. The van der Waals surface area contributed by atoms with Gasteiger partial charge in [0.05, 0.1) is 6.54 Å². The average molecular weight is 261 g/mol. The minimum Gasteiger partial charge on any atom is -0.331 e. The van der Waals surface area contributed by atoms with Gasteiger partial charge in [0.25, 0.3) is 0 Å². The maximum Gasteiger partial charge on any atom is 0.319 e. The van der Waals surface area contributed by atoms with E-state index in [1.165, 1.54) is 0 Å². The van der Waals surface area contributed by atoms with Gasteiger partial charge in [-0.05, 0) is 31.5 Å². The first-order valence-corrected chi connectivity index (χ1v) is 6.54. The van der Waals surface area contributed by atoms with Gasteiger partial charge in [0.1, 0.15) is 5.01 Å². The Morgan fingerprint density at radius 1 is 1.39 bits per heavy atom. The number of aromatic nitrogens is 1. The number of carbonyl (C=O) groups is 1. The lowest BCUT2D eigenvalue weighted by Crippen LogP contribution is -2.28. The van der Waals surface area contributed by atoms with Gasteiger partial charge in [-0.3, -0.25) is 0 Å². The molecule has 0 spiro atoms. The van der Waals surface area contributed by atoms with E-state index in [0.717, 1.165) is 22.0 Å². The quantitative estimate of drug-likeness (QED) is 0.892. The number of nitrogens with zero attached hydrogens (tertiary/aromatic N) is 1. The van der Waals surface area contributed by atoms with Gasteiger partial charge in [-0.15, -0.1) is 11.3 Å². The van der Waals surface area contributed by atoms with E-state index in [-0.39, 0.29) is 6.03 Å². The van der Waals surface area contributed by atoms with E-state index in [9.17, 15) is 4.79 Å². The van der Waals surface area contributed by atoms with Crippen LogP contribution >= 0.6 is 11.3 Å². The fourth-order valence-corrected chi connectivity index (χ4v) is 2.25. The number of hydrogen-bond donors (Lipinski definition) is 2. The fraction of sp³-hybridized carbons (Fsp3) is 0.231. The van der Waals surface area contributed by atoms with Gasteiger partial charge in [0, 0.05) is 16.8 Å². The number of urea groups is 1. The summed E-state index contributed by atoms with van der Waals surface area (Å²) in [7, 11) is 0. The predicted octanol–water partition coefficient (Wildman–Crippen LogP) is 3.08. The van der Waals surface area contributed by atoms with Crippen LogP contribution in [-0.2, 0) is 6.54 Å². The molecule has 5 heteroatoms. The summed E-state index contributed by atoms with van der Waals surface area (Å²) in [6, 6.07) is 7.47. The maximum absolute atomic E-state index is 11.7. The van der Waals surface area contributed by atoms with Crippen molar-refractivity contribution in [3.8, 4) is 0 Å². The summed E-state index contributed by atoms with van der Waals surface area (Å²) in [6.45, 7) is 4.38. The fourth-order valence-electron chi connectivity index (χ4n) is 1.54. The summed E-state index contributed by atoms with van der Waals surface area (Å²) in [5, 5.41) is 8.44. The van der Waals surface area contributed by atoms with Crippen molar-refractivity contribution in [2.75, 3.05) is 5.32 Å². The summed E-state index contributed by atoms with van der Waals surface area (Å²) in [6.07, 6.45) is 0. The average Bonchev–Trinajstić information content (AvgIpc) is 2.73. The molecule has 4 nitrogen and oxygen atoms in total. The molecule has 0 unspecified atom stereocenters. The standard InChI is InChI=1S/C13H15N3OS/c1-9-4-3-5-11(6-9)16-13(17)14-7-12-15-10(2)8-18-12/h3-6,8H,7H2,1-2H3,(H2,14,16,17). The van der Waals surface area contributed by atoms with Gasteiger partial charge < -0.3 is 10.6 Å². The van der Waals surface area contributed by atoms with E-state index >= 15 is 0 Å². The predicted molar refractivity (Wildman–Crippen MR) is 73.9 cm³/mol. The first-order chi connectivity index (χ1) is 8.63. The molecule has 0 aliphatic carbocycles. The monoisotopic (exact) mass is 261 g/mol. The molecule has 0 saturated carbocycles. The summed E-state index contributed by atoms with van der Waals surface area (Å²) in [5.74, 6) is 0. The highest BCUT2D eigenvalue weighted by molar-refractivity contribution is 7.09. The topological polar surface area (TPSA) is 54.0 Å². The van der Waals surface area contributed by atoms with Crippen LogP contribution in [-0.4, -0.2) is 11.0 Å². The van der Waals surface area contributed by atoms with Gasteiger partial charge in [-0.25, -0.2) is 9.78 Å². The number of rotatable bonds is 3. The Labute approximate surface area is 110 Å². The Morgan fingerprint density at radius 2 is 2.22 bits per heavy atom. The zero-order valence-corrected chi connectivity index (χ0v) is 11.2. The molecule has 0 saturated heterocycles. The van der Waals surface area contributed by atoms with E-state index < -0.39 is 0 Å². The van der Waals surface area contributed by atoms with Gasteiger partial charge in [0.15, 0.2) is 0 Å². The lowest BCUT2D eigenvalue weighted by molar-refractivity contribution is 0.251. The third kappa shape index (κ3) is 3.56. The molecular weight excluding hydrogens is 246 g/mol. The Hall–Kier alpha value is -1.88. The van der Waals surface area contributed by atoms with Crippen molar-refractivity contribution in [2.24, 2.45) is 0 Å². The number of benzene rings is 1. The lowest BCUT2D eigenvalue weighted by atomic mass is 10.2. The number of nitrogens with one attached hydrogen (secondary N) is 2. The molecule has 2 amide bonds. The van der Waals surface area contributed by atoms with Crippen molar-refractivity contribution in [3.05, 3.63) is 45.9 Å². The molecule has 18 heavy (non-hydrogen) atoms. The van der Waals surface area contributed by atoms with Gasteiger partial charge in [-0.1, -0.05) is 12.1 Å². The van der Waals surface area contributed by atoms with Crippen LogP contribution in [0.4, 0.5) is 10.5 Å². The van der Waals surface area contributed by atoms with Crippen molar-refractivity contribution < 1.29 is 4.79 Å². The van der Waals surface area contributed by atoms with Crippen LogP contribution in [0.15, 0.2) is 29.6 Å². The minimum absolute atomic E-state index is 0.214. The van der Waals surface area contributed by atoms with Crippen LogP contribution in [0, 0.1) is 13.8 Å². The maximum atomic E-state index is 11.7. The van der Waals surface area contributed by atoms with Crippen molar-refractivity contribution in [1.82, 2.24) is 10.3 Å². The molecule has 0 fully saturated rings. The number of carbonyl (C=O) groups excluding carboxylic acids is 1. The SMILES string of the molecule is Cc1cccc(NC(=O)NCc2nc(C)cs2)c1. The number of hydrogen-bond acceptors (Lipinski definition) is 3. The van der Waals surface area contributed by atoms with Gasteiger partial charge >= 0.3 is 6.03 Å². The van der Waals surface area contributed by atoms with Crippen molar-refractivity contribution in [2.45, 2.75) is 20.4 Å². The van der Waals surface area contributed by atoms with Gasteiger partial charge in [-0.2, -0.15) is 0 Å². The molecule has 1 aromatic carbocycles. The van der Waals surface area contributed by atoms with E-state index in [2.05, 4.69) is 15.6 Å². The number of anilines is 1. The lowest BCUT2D eigenvalue weighted by Gasteiger charge is -2.06. The van der Waals surface area contributed by atoms with Crippen LogP contribution in [0.3, 0.4) is 0 Å². The molecule has 2 rings (SSSR count). The zero-order chi connectivity index (χ0) is 13.0. The van der Waals surface area contributed by atoms with Crippen molar-refractivity contribution in [1.29, 1.82) is 0 Å². The second kappa shape index (κ2) is 5.64. The Balaban J connectivity index is 1.85. The second-order valence-corrected chi connectivity index (χ2v) is 5.00. The second-order valence-electron chi connectivity index (χ2n) is 4.06. The zero-order valence-electron chi connectivity index (χ0n) is 10.4. The molecule has 0 atom stereocenters. The summed E-state index contributed by atoms with van der Waals surface area (Å²) in [4.78, 5) is 15.9.